The molecule has 1 aromatic rings. The monoisotopic (exact) mass is 403 g/mol. The van der Waals surface area contributed by atoms with Crippen LogP contribution in [-0.4, -0.2) is 75.1 Å². The Hall–Kier alpha value is -2.28. The molecule has 0 bridgehead atoms. The fourth-order valence-electron chi connectivity index (χ4n) is 3.40. The molecule has 0 aliphatic carbocycles. The average Bonchev–Trinajstić information content (AvgIpc) is 3.26. The largest absolute Gasteiger partial charge is 0.496 e. The molecule has 0 aromatic heterocycles. The number of hydrogen-bond acceptors (Lipinski definition) is 4. The molecule has 1 aromatic carbocycles. The first-order valence-electron chi connectivity index (χ1n) is 10.6. The van der Waals surface area contributed by atoms with E-state index in [1.54, 1.807) is 26.1 Å². The van der Waals surface area contributed by atoms with Crippen LogP contribution in [0.4, 0.5) is 0 Å². The van der Waals surface area contributed by atoms with Crippen molar-refractivity contribution in [3.8, 4) is 5.75 Å². The number of guanidine groups is 1. The predicted octanol–water partition coefficient (Wildman–Crippen LogP) is 2.25. The van der Waals surface area contributed by atoms with Crippen LogP contribution in [0.1, 0.15) is 44.7 Å². The summed E-state index contributed by atoms with van der Waals surface area (Å²) in [5.41, 5.74) is 1.18. The number of nitrogens with one attached hydrogen (secondary N) is 2. The zero-order valence-corrected chi connectivity index (χ0v) is 18.6. The van der Waals surface area contributed by atoms with E-state index in [1.165, 1.54) is 18.4 Å². The highest BCUT2D eigenvalue weighted by Gasteiger charge is 2.26. The Balaban J connectivity index is 2.18. The van der Waals surface area contributed by atoms with Crippen molar-refractivity contribution < 1.29 is 9.53 Å². The van der Waals surface area contributed by atoms with Gasteiger partial charge < -0.3 is 20.3 Å². The predicted molar refractivity (Wildman–Crippen MR) is 118 cm³/mol. The third-order valence-electron chi connectivity index (χ3n) is 5.41. The Labute approximate surface area is 175 Å². The first-order valence-corrected chi connectivity index (χ1v) is 10.6. The van der Waals surface area contributed by atoms with Crippen molar-refractivity contribution in [3.05, 3.63) is 29.8 Å². The molecular weight excluding hydrogens is 366 g/mol. The van der Waals surface area contributed by atoms with E-state index in [9.17, 15) is 4.79 Å². The number of para-hydroxylation sites is 1. The maximum Gasteiger partial charge on any atom is 0.243 e. The summed E-state index contributed by atoms with van der Waals surface area (Å²) >= 11 is 0. The van der Waals surface area contributed by atoms with Crippen LogP contribution in [0.5, 0.6) is 5.75 Å². The van der Waals surface area contributed by atoms with Crippen molar-refractivity contribution in [3.63, 3.8) is 0 Å². The van der Waals surface area contributed by atoms with Gasteiger partial charge in [0.1, 0.15) is 12.3 Å². The molecule has 2 rings (SSSR count). The number of hydrogen-bond donors (Lipinski definition) is 2. The summed E-state index contributed by atoms with van der Waals surface area (Å²) in [6, 6.07) is 8.66. The van der Waals surface area contributed by atoms with E-state index in [1.807, 2.05) is 12.1 Å². The Bertz CT molecular complexity index is 671. The third kappa shape index (κ3) is 6.92. The molecule has 1 heterocycles. The van der Waals surface area contributed by atoms with Crippen molar-refractivity contribution in [1.29, 1.82) is 0 Å². The topological polar surface area (TPSA) is 69.2 Å². The first-order chi connectivity index (χ1) is 14.0. The standard InChI is InChI=1S/C22H37N5O2/c1-6-17(2)25-22(24-16-21(28)26(3)4)23-15-19(27-13-9-10-14-27)18-11-7-8-12-20(18)29-5/h7-8,11-12,17,19H,6,9-10,13-16H2,1-5H3,(H2,23,24,25). The zero-order valence-electron chi connectivity index (χ0n) is 18.6. The molecule has 0 radical (unpaired) electrons. The summed E-state index contributed by atoms with van der Waals surface area (Å²) in [5.74, 6) is 1.56. The van der Waals surface area contributed by atoms with Crippen LogP contribution in [0.15, 0.2) is 29.3 Å². The molecule has 7 heteroatoms. The summed E-state index contributed by atoms with van der Waals surface area (Å²) in [6.45, 7) is 7.22. The summed E-state index contributed by atoms with van der Waals surface area (Å²) in [5, 5.41) is 6.88. The Kier molecular flexibility index (Phi) is 9.25. The van der Waals surface area contributed by atoms with E-state index in [4.69, 9.17) is 4.74 Å². The number of aliphatic imine (C=N–C) groups is 1. The fraction of sp³-hybridized carbons (Fsp3) is 0.636. The van der Waals surface area contributed by atoms with Gasteiger partial charge in [-0.05, 0) is 45.3 Å². The Morgan fingerprint density at radius 3 is 2.59 bits per heavy atom. The van der Waals surface area contributed by atoms with E-state index in [2.05, 4.69) is 46.5 Å². The van der Waals surface area contributed by atoms with Gasteiger partial charge in [0.2, 0.25) is 5.91 Å². The molecule has 1 fully saturated rings. The lowest BCUT2D eigenvalue weighted by molar-refractivity contribution is -0.127. The van der Waals surface area contributed by atoms with Crippen LogP contribution in [0.2, 0.25) is 0 Å². The van der Waals surface area contributed by atoms with E-state index in [0.717, 1.165) is 25.3 Å². The van der Waals surface area contributed by atoms with Crippen molar-refractivity contribution in [2.24, 2.45) is 4.99 Å². The first kappa shape index (κ1) is 23.0. The second-order valence-electron chi connectivity index (χ2n) is 7.79. The minimum Gasteiger partial charge on any atom is -0.496 e. The lowest BCUT2D eigenvalue weighted by Gasteiger charge is -2.30. The number of likely N-dealkylation sites (N-methyl/N-ethyl adjacent to an activating group) is 1. The zero-order chi connectivity index (χ0) is 21.2. The van der Waals surface area contributed by atoms with Crippen molar-refractivity contribution >= 4 is 11.9 Å². The molecule has 2 unspecified atom stereocenters. The number of carbonyl (C=O) groups excluding carboxylic acids is 1. The second kappa shape index (κ2) is 11.7. The van der Waals surface area contributed by atoms with Gasteiger partial charge in [0.15, 0.2) is 5.96 Å². The molecule has 2 N–H and O–H groups in total. The Morgan fingerprint density at radius 1 is 1.28 bits per heavy atom. The molecule has 1 aliphatic rings. The van der Waals surface area contributed by atoms with Crippen LogP contribution in [0.3, 0.4) is 0 Å². The summed E-state index contributed by atoms with van der Waals surface area (Å²) in [6.07, 6.45) is 3.41. The van der Waals surface area contributed by atoms with Gasteiger partial charge in [-0.3, -0.25) is 9.69 Å². The fourth-order valence-corrected chi connectivity index (χ4v) is 3.40. The van der Waals surface area contributed by atoms with Crippen molar-refractivity contribution in [2.75, 3.05) is 47.4 Å². The van der Waals surface area contributed by atoms with E-state index >= 15 is 0 Å². The number of methoxy groups -OCH3 is 1. The molecule has 1 aliphatic heterocycles. The minimum absolute atomic E-state index is 0.0175. The van der Waals surface area contributed by atoms with E-state index < -0.39 is 0 Å². The SMILES string of the molecule is CCC(C)NC(=NCC(=O)N(C)C)NCC(c1ccccc1OC)N1CCCC1. The molecule has 2 atom stereocenters. The number of amides is 1. The van der Waals surface area contributed by atoms with Gasteiger partial charge in [0.05, 0.1) is 13.2 Å². The average molecular weight is 404 g/mol. The number of ether oxygens (including phenoxy) is 1. The number of carbonyl (C=O) groups is 1. The maximum absolute atomic E-state index is 12.0. The molecule has 7 nitrogen and oxygen atoms in total. The van der Waals surface area contributed by atoms with Gasteiger partial charge >= 0.3 is 0 Å². The van der Waals surface area contributed by atoms with Gasteiger partial charge in [-0.2, -0.15) is 0 Å². The normalized spacial score (nSPS) is 16.9. The molecule has 29 heavy (non-hydrogen) atoms. The third-order valence-corrected chi connectivity index (χ3v) is 5.41. The van der Waals surface area contributed by atoms with Gasteiger partial charge in [0, 0.05) is 32.2 Å². The van der Waals surface area contributed by atoms with Gasteiger partial charge in [0.25, 0.3) is 0 Å². The summed E-state index contributed by atoms with van der Waals surface area (Å²) < 4.78 is 5.63. The molecular formula is C22H37N5O2. The summed E-state index contributed by atoms with van der Waals surface area (Å²) in [4.78, 5) is 20.6. The van der Waals surface area contributed by atoms with Gasteiger partial charge in [-0.1, -0.05) is 25.1 Å². The highest BCUT2D eigenvalue weighted by atomic mass is 16.5. The highest BCUT2D eigenvalue weighted by Crippen LogP contribution is 2.31. The highest BCUT2D eigenvalue weighted by molar-refractivity contribution is 5.85. The van der Waals surface area contributed by atoms with Crippen molar-refractivity contribution in [2.45, 2.75) is 45.2 Å². The molecule has 162 valence electrons. The van der Waals surface area contributed by atoms with Crippen LogP contribution in [0, 0.1) is 0 Å². The number of likely N-dealkylation sites (tertiary alicyclic amines) is 1. The second-order valence-corrected chi connectivity index (χ2v) is 7.79. The molecule has 0 saturated carbocycles. The lowest BCUT2D eigenvalue weighted by atomic mass is 10.0. The smallest absolute Gasteiger partial charge is 0.243 e. The summed E-state index contributed by atoms with van der Waals surface area (Å²) in [7, 11) is 5.22. The van der Waals surface area contributed by atoms with E-state index in [0.29, 0.717) is 12.5 Å². The quantitative estimate of drug-likeness (QED) is 0.489. The number of benzene rings is 1. The minimum atomic E-state index is -0.0175. The van der Waals surface area contributed by atoms with E-state index in [-0.39, 0.29) is 24.5 Å². The molecule has 1 saturated heterocycles. The van der Waals surface area contributed by atoms with Crippen LogP contribution < -0.4 is 15.4 Å². The maximum atomic E-state index is 12.0. The Morgan fingerprint density at radius 2 is 1.97 bits per heavy atom. The van der Waals surface area contributed by atoms with Crippen LogP contribution >= 0.6 is 0 Å². The van der Waals surface area contributed by atoms with Crippen LogP contribution in [0.25, 0.3) is 0 Å². The number of rotatable bonds is 9. The van der Waals surface area contributed by atoms with Gasteiger partial charge in [-0.25, -0.2) is 4.99 Å². The van der Waals surface area contributed by atoms with Crippen LogP contribution in [-0.2, 0) is 4.79 Å². The van der Waals surface area contributed by atoms with Gasteiger partial charge in [-0.15, -0.1) is 0 Å². The molecule has 1 amide bonds. The molecule has 0 spiro atoms. The number of nitrogens with zero attached hydrogens (tertiary/aromatic N) is 3. The van der Waals surface area contributed by atoms with Crippen molar-refractivity contribution in [1.82, 2.24) is 20.4 Å². The lowest BCUT2D eigenvalue weighted by Crippen LogP contribution is -2.46.